The Morgan fingerprint density at radius 3 is 2.80 bits per heavy atom. The van der Waals surface area contributed by atoms with Gasteiger partial charge in [-0.3, -0.25) is 4.79 Å². The van der Waals surface area contributed by atoms with Crippen molar-refractivity contribution in [3.63, 3.8) is 0 Å². The number of amides is 1. The molecule has 1 rings (SSSR count). The summed E-state index contributed by atoms with van der Waals surface area (Å²) in [4.78, 5) is 15.8. The summed E-state index contributed by atoms with van der Waals surface area (Å²) in [5, 5.41) is 2.86. The van der Waals surface area contributed by atoms with E-state index in [1.807, 2.05) is 19.1 Å². The molecule has 1 amide bonds. The van der Waals surface area contributed by atoms with Gasteiger partial charge >= 0.3 is 0 Å². The van der Waals surface area contributed by atoms with Crippen molar-refractivity contribution in [2.45, 2.75) is 27.2 Å². The lowest BCUT2D eigenvalue weighted by atomic mass is 10.1. The first-order valence-electron chi connectivity index (χ1n) is 5.31. The topological polar surface area (TPSA) is 42.0 Å². The van der Waals surface area contributed by atoms with Gasteiger partial charge in [0.15, 0.2) is 0 Å². The molecule has 0 bridgehead atoms. The third kappa shape index (κ3) is 4.11. The molecule has 15 heavy (non-hydrogen) atoms. The van der Waals surface area contributed by atoms with E-state index in [0.29, 0.717) is 18.2 Å². The Kier molecular flexibility index (Phi) is 4.28. The van der Waals surface area contributed by atoms with Crippen molar-refractivity contribution in [1.29, 1.82) is 0 Å². The number of hydrogen-bond donors (Lipinski definition) is 1. The quantitative estimate of drug-likeness (QED) is 0.820. The van der Waals surface area contributed by atoms with Crippen LogP contribution in [-0.2, 0) is 0 Å². The number of nitrogens with one attached hydrogen (secondary N) is 1. The maximum absolute atomic E-state index is 11.6. The molecular formula is C12H18N2O. The van der Waals surface area contributed by atoms with Crippen LogP contribution >= 0.6 is 0 Å². The lowest BCUT2D eigenvalue weighted by Crippen LogP contribution is -2.26. The van der Waals surface area contributed by atoms with Gasteiger partial charge in [-0.1, -0.05) is 19.9 Å². The van der Waals surface area contributed by atoms with E-state index in [2.05, 4.69) is 24.1 Å². The van der Waals surface area contributed by atoms with E-state index < -0.39 is 0 Å². The van der Waals surface area contributed by atoms with Crippen molar-refractivity contribution in [3.8, 4) is 0 Å². The van der Waals surface area contributed by atoms with Crippen LogP contribution in [-0.4, -0.2) is 17.4 Å². The Morgan fingerprint density at radius 2 is 2.20 bits per heavy atom. The molecule has 0 radical (unpaired) electrons. The summed E-state index contributed by atoms with van der Waals surface area (Å²) in [5.74, 6) is 0.523. The van der Waals surface area contributed by atoms with Gasteiger partial charge < -0.3 is 5.32 Å². The summed E-state index contributed by atoms with van der Waals surface area (Å²) in [6.45, 7) is 6.87. The highest BCUT2D eigenvalue weighted by atomic mass is 16.1. The first-order chi connectivity index (χ1) is 7.09. The average molecular weight is 206 g/mol. The van der Waals surface area contributed by atoms with E-state index >= 15 is 0 Å². The molecule has 0 saturated heterocycles. The fourth-order valence-corrected chi connectivity index (χ4v) is 1.23. The van der Waals surface area contributed by atoms with Crippen molar-refractivity contribution < 1.29 is 4.79 Å². The molecule has 0 unspecified atom stereocenters. The van der Waals surface area contributed by atoms with Crippen LogP contribution in [0.4, 0.5) is 0 Å². The van der Waals surface area contributed by atoms with Crippen LogP contribution in [0.1, 0.15) is 36.5 Å². The minimum atomic E-state index is -0.0839. The van der Waals surface area contributed by atoms with E-state index in [1.165, 1.54) is 0 Å². The van der Waals surface area contributed by atoms with Crippen LogP contribution in [0.15, 0.2) is 18.2 Å². The average Bonchev–Trinajstić information content (AvgIpc) is 2.17. The van der Waals surface area contributed by atoms with Crippen molar-refractivity contribution in [2.24, 2.45) is 5.92 Å². The van der Waals surface area contributed by atoms with E-state index in [1.54, 1.807) is 6.07 Å². The minimum absolute atomic E-state index is 0.0839. The van der Waals surface area contributed by atoms with Crippen LogP contribution in [0.3, 0.4) is 0 Å². The van der Waals surface area contributed by atoms with Crippen LogP contribution in [0, 0.1) is 12.8 Å². The molecule has 0 aliphatic heterocycles. The maximum Gasteiger partial charge on any atom is 0.269 e. The van der Waals surface area contributed by atoms with Gasteiger partial charge in [0, 0.05) is 12.2 Å². The van der Waals surface area contributed by atoms with E-state index in [9.17, 15) is 4.79 Å². The standard InChI is InChI=1S/C12H18N2O/c1-9(2)7-8-13-12(15)11-6-4-5-10(3)14-11/h4-6,9H,7-8H2,1-3H3,(H,13,15). The Hall–Kier alpha value is -1.38. The van der Waals surface area contributed by atoms with Crippen LogP contribution < -0.4 is 5.32 Å². The first-order valence-corrected chi connectivity index (χ1v) is 5.31. The highest BCUT2D eigenvalue weighted by Crippen LogP contribution is 1.99. The number of pyridine rings is 1. The van der Waals surface area contributed by atoms with Crippen LogP contribution in [0.5, 0.6) is 0 Å². The summed E-state index contributed by atoms with van der Waals surface area (Å²) in [7, 11) is 0. The Labute approximate surface area is 90.9 Å². The number of hydrogen-bond acceptors (Lipinski definition) is 2. The van der Waals surface area contributed by atoms with Gasteiger partial charge in [0.2, 0.25) is 0 Å². The first kappa shape index (κ1) is 11.7. The predicted molar refractivity (Wildman–Crippen MR) is 60.8 cm³/mol. The molecule has 0 atom stereocenters. The second-order valence-electron chi connectivity index (χ2n) is 4.10. The Morgan fingerprint density at radius 1 is 1.47 bits per heavy atom. The molecule has 82 valence electrons. The molecule has 0 saturated carbocycles. The molecule has 0 aliphatic rings. The van der Waals surface area contributed by atoms with Gasteiger partial charge in [-0.25, -0.2) is 4.98 Å². The van der Waals surface area contributed by atoms with Crippen LogP contribution in [0.2, 0.25) is 0 Å². The van der Waals surface area contributed by atoms with Crippen molar-refractivity contribution in [3.05, 3.63) is 29.6 Å². The SMILES string of the molecule is Cc1cccc(C(=O)NCCC(C)C)n1. The second-order valence-corrected chi connectivity index (χ2v) is 4.10. The van der Waals surface area contributed by atoms with E-state index in [-0.39, 0.29) is 5.91 Å². The van der Waals surface area contributed by atoms with Gasteiger partial charge in [0.05, 0.1) is 0 Å². The molecule has 1 aromatic heterocycles. The normalized spacial score (nSPS) is 10.4. The fraction of sp³-hybridized carbons (Fsp3) is 0.500. The summed E-state index contributed by atoms with van der Waals surface area (Å²) >= 11 is 0. The molecule has 0 aliphatic carbocycles. The molecule has 0 fully saturated rings. The van der Waals surface area contributed by atoms with E-state index in [0.717, 1.165) is 12.1 Å². The monoisotopic (exact) mass is 206 g/mol. The molecule has 3 heteroatoms. The third-order valence-electron chi connectivity index (χ3n) is 2.13. The highest BCUT2D eigenvalue weighted by molar-refractivity contribution is 5.92. The summed E-state index contributed by atoms with van der Waals surface area (Å²) in [6, 6.07) is 5.46. The largest absolute Gasteiger partial charge is 0.351 e. The molecular weight excluding hydrogens is 188 g/mol. The van der Waals surface area contributed by atoms with Crippen molar-refractivity contribution >= 4 is 5.91 Å². The zero-order valence-electron chi connectivity index (χ0n) is 9.58. The Balaban J connectivity index is 2.47. The predicted octanol–water partition coefficient (Wildman–Crippen LogP) is 2.17. The second kappa shape index (κ2) is 5.49. The van der Waals surface area contributed by atoms with Crippen molar-refractivity contribution in [2.75, 3.05) is 6.54 Å². The molecule has 3 nitrogen and oxygen atoms in total. The number of carbonyl (C=O) groups excluding carboxylic acids is 1. The zero-order chi connectivity index (χ0) is 11.3. The fourth-order valence-electron chi connectivity index (χ4n) is 1.23. The smallest absolute Gasteiger partial charge is 0.269 e. The number of nitrogens with zero attached hydrogens (tertiary/aromatic N) is 1. The maximum atomic E-state index is 11.6. The zero-order valence-corrected chi connectivity index (χ0v) is 9.58. The molecule has 1 N–H and O–H groups in total. The Bertz CT molecular complexity index is 334. The minimum Gasteiger partial charge on any atom is -0.351 e. The van der Waals surface area contributed by atoms with Crippen LogP contribution in [0.25, 0.3) is 0 Å². The summed E-state index contributed by atoms with van der Waals surface area (Å²) in [6.07, 6.45) is 0.998. The molecule has 1 heterocycles. The van der Waals surface area contributed by atoms with Gasteiger partial charge in [0.1, 0.15) is 5.69 Å². The molecule has 0 aromatic carbocycles. The molecule has 0 spiro atoms. The number of carbonyl (C=O) groups is 1. The van der Waals surface area contributed by atoms with Gasteiger partial charge in [-0.05, 0) is 31.4 Å². The van der Waals surface area contributed by atoms with Gasteiger partial charge in [0.25, 0.3) is 5.91 Å². The van der Waals surface area contributed by atoms with E-state index in [4.69, 9.17) is 0 Å². The third-order valence-corrected chi connectivity index (χ3v) is 2.13. The van der Waals surface area contributed by atoms with Gasteiger partial charge in [-0.2, -0.15) is 0 Å². The summed E-state index contributed by atoms with van der Waals surface area (Å²) < 4.78 is 0. The highest BCUT2D eigenvalue weighted by Gasteiger charge is 2.06. The summed E-state index contributed by atoms with van der Waals surface area (Å²) in [5.41, 5.74) is 1.37. The van der Waals surface area contributed by atoms with Gasteiger partial charge in [-0.15, -0.1) is 0 Å². The van der Waals surface area contributed by atoms with Crippen molar-refractivity contribution in [1.82, 2.24) is 10.3 Å². The lowest BCUT2D eigenvalue weighted by Gasteiger charge is -2.06. The lowest BCUT2D eigenvalue weighted by molar-refractivity contribution is 0.0947. The number of aromatic nitrogens is 1. The number of rotatable bonds is 4. The number of aryl methyl sites for hydroxylation is 1. The molecule has 1 aromatic rings.